The van der Waals surface area contributed by atoms with Crippen LogP contribution in [0.1, 0.15) is 25.5 Å². The van der Waals surface area contributed by atoms with Gasteiger partial charge in [-0.1, -0.05) is 17.4 Å². The average molecular weight is 383 g/mol. The van der Waals surface area contributed by atoms with Crippen LogP contribution in [0.2, 0.25) is 0 Å². The Balaban J connectivity index is 1.40. The van der Waals surface area contributed by atoms with Crippen LogP contribution in [0.4, 0.5) is 10.3 Å². The third-order valence-corrected chi connectivity index (χ3v) is 5.71. The molecule has 1 saturated heterocycles. The number of rotatable bonds is 4. The lowest BCUT2D eigenvalue weighted by molar-refractivity contribution is -0.114. The topological polar surface area (TPSA) is 87.1 Å². The van der Waals surface area contributed by atoms with Crippen molar-refractivity contribution in [3.8, 4) is 0 Å². The summed E-state index contributed by atoms with van der Waals surface area (Å²) in [4.78, 5) is 24.6. The number of nitrogens with zero attached hydrogens (tertiary/aromatic N) is 6. The van der Waals surface area contributed by atoms with E-state index < -0.39 is 0 Å². The number of hydrogen-bond acceptors (Lipinski definition) is 8. The number of piperazine rings is 1. The van der Waals surface area contributed by atoms with Gasteiger partial charge in [-0.05, 0) is 24.6 Å². The molecule has 0 spiro atoms. The number of fused-ring (bicyclic) bond motifs is 1. The minimum absolute atomic E-state index is 0.128. The zero-order chi connectivity index (χ0) is 18.8. The first-order valence-electron chi connectivity index (χ1n) is 8.91. The van der Waals surface area contributed by atoms with Crippen LogP contribution < -0.4 is 10.2 Å². The van der Waals surface area contributed by atoms with Crippen molar-refractivity contribution in [1.82, 2.24) is 25.1 Å². The molecule has 1 aromatic carbocycles. The van der Waals surface area contributed by atoms with Gasteiger partial charge in [0.25, 0.3) is 0 Å². The maximum atomic E-state index is 11.1. The largest absolute Gasteiger partial charge is 0.344 e. The minimum atomic E-state index is -0.128. The molecule has 9 heteroatoms. The molecule has 4 rings (SSSR count). The number of carbonyl (C=O) groups excluding carboxylic acids is 1. The van der Waals surface area contributed by atoms with E-state index in [1.807, 2.05) is 6.07 Å². The predicted octanol–water partition coefficient (Wildman–Crippen LogP) is 2.32. The second-order valence-electron chi connectivity index (χ2n) is 6.57. The standard InChI is InChI=1S/C18H21N7OS/c1-12(14-3-4-15-16(11-14)20-6-5-19-15)24-7-9-25(10-8-24)18-23-22-17(27-18)21-13(2)26/h3-6,11-12H,7-10H2,1-2H3,(H,21,22,26)/t12-/m0/s1. The molecule has 1 N–H and O–H groups in total. The highest BCUT2D eigenvalue weighted by Crippen LogP contribution is 2.28. The van der Waals surface area contributed by atoms with E-state index in [-0.39, 0.29) is 5.91 Å². The fraction of sp³-hybridized carbons (Fsp3) is 0.389. The number of aromatic nitrogens is 4. The monoisotopic (exact) mass is 383 g/mol. The lowest BCUT2D eigenvalue weighted by Crippen LogP contribution is -2.47. The lowest BCUT2D eigenvalue weighted by Gasteiger charge is -2.38. The van der Waals surface area contributed by atoms with E-state index in [1.54, 1.807) is 12.4 Å². The number of anilines is 2. The predicted molar refractivity (Wildman–Crippen MR) is 106 cm³/mol. The Morgan fingerprint density at radius 1 is 1.11 bits per heavy atom. The number of carbonyl (C=O) groups is 1. The molecule has 1 atom stereocenters. The Bertz CT molecular complexity index is 952. The molecule has 3 heterocycles. The normalized spacial score (nSPS) is 16.4. The van der Waals surface area contributed by atoms with Crippen molar-refractivity contribution >= 4 is 38.5 Å². The number of nitrogens with one attached hydrogen (secondary N) is 1. The molecule has 0 aliphatic carbocycles. The maximum absolute atomic E-state index is 11.1. The molecule has 0 bridgehead atoms. The second kappa shape index (κ2) is 7.53. The van der Waals surface area contributed by atoms with Crippen molar-refractivity contribution < 1.29 is 4.79 Å². The van der Waals surface area contributed by atoms with E-state index >= 15 is 0 Å². The Labute approximate surface area is 161 Å². The molecule has 1 aliphatic rings. The Hall–Kier alpha value is -2.65. The quantitative estimate of drug-likeness (QED) is 0.740. The summed E-state index contributed by atoms with van der Waals surface area (Å²) in [6.45, 7) is 7.34. The van der Waals surface area contributed by atoms with E-state index in [0.29, 0.717) is 11.2 Å². The van der Waals surface area contributed by atoms with Gasteiger partial charge in [-0.15, -0.1) is 10.2 Å². The molecule has 1 aliphatic heterocycles. The molecule has 0 unspecified atom stereocenters. The Morgan fingerprint density at radius 3 is 2.59 bits per heavy atom. The smallest absolute Gasteiger partial charge is 0.223 e. The highest BCUT2D eigenvalue weighted by molar-refractivity contribution is 7.19. The highest BCUT2D eigenvalue weighted by atomic mass is 32.1. The van der Waals surface area contributed by atoms with Gasteiger partial charge in [0.15, 0.2) is 0 Å². The first-order valence-corrected chi connectivity index (χ1v) is 9.72. The van der Waals surface area contributed by atoms with Gasteiger partial charge in [0.2, 0.25) is 16.2 Å². The molecular weight excluding hydrogens is 362 g/mol. The van der Waals surface area contributed by atoms with Crippen molar-refractivity contribution in [2.75, 3.05) is 36.4 Å². The van der Waals surface area contributed by atoms with Gasteiger partial charge in [0, 0.05) is 51.5 Å². The zero-order valence-electron chi connectivity index (χ0n) is 15.3. The summed E-state index contributed by atoms with van der Waals surface area (Å²) in [5.74, 6) is -0.128. The van der Waals surface area contributed by atoms with Gasteiger partial charge in [0.05, 0.1) is 11.0 Å². The van der Waals surface area contributed by atoms with E-state index in [0.717, 1.165) is 42.3 Å². The molecule has 0 saturated carbocycles. The van der Waals surface area contributed by atoms with Crippen molar-refractivity contribution in [2.45, 2.75) is 19.9 Å². The van der Waals surface area contributed by atoms with Crippen LogP contribution in [0.3, 0.4) is 0 Å². The van der Waals surface area contributed by atoms with Gasteiger partial charge >= 0.3 is 0 Å². The van der Waals surface area contributed by atoms with E-state index in [2.05, 4.69) is 54.3 Å². The van der Waals surface area contributed by atoms with Crippen LogP contribution in [-0.2, 0) is 4.79 Å². The Morgan fingerprint density at radius 2 is 1.85 bits per heavy atom. The van der Waals surface area contributed by atoms with Crippen molar-refractivity contribution in [3.05, 3.63) is 36.2 Å². The summed E-state index contributed by atoms with van der Waals surface area (Å²) >= 11 is 1.41. The molecule has 140 valence electrons. The second-order valence-corrected chi connectivity index (χ2v) is 7.53. The summed E-state index contributed by atoms with van der Waals surface area (Å²) in [7, 11) is 0. The molecule has 3 aromatic rings. The van der Waals surface area contributed by atoms with Gasteiger partial charge in [-0.3, -0.25) is 19.7 Å². The van der Waals surface area contributed by atoms with Crippen LogP contribution in [0.25, 0.3) is 11.0 Å². The highest BCUT2D eigenvalue weighted by Gasteiger charge is 2.24. The summed E-state index contributed by atoms with van der Waals surface area (Å²) in [5, 5.41) is 12.3. The zero-order valence-corrected chi connectivity index (χ0v) is 16.1. The van der Waals surface area contributed by atoms with Crippen LogP contribution in [0.5, 0.6) is 0 Å². The summed E-state index contributed by atoms with van der Waals surface area (Å²) in [5.41, 5.74) is 3.10. The first-order chi connectivity index (χ1) is 13.1. The molecule has 2 aromatic heterocycles. The number of hydrogen-bond donors (Lipinski definition) is 1. The van der Waals surface area contributed by atoms with Gasteiger partial charge < -0.3 is 10.2 Å². The molecular formula is C18H21N7OS. The summed E-state index contributed by atoms with van der Waals surface area (Å²) in [6.07, 6.45) is 3.45. The molecule has 1 fully saturated rings. The third-order valence-electron chi connectivity index (χ3n) is 4.81. The fourth-order valence-electron chi connectivity index (χ4n) is 3.30. The third kappa shape index (κ3) is 3.88. The Kier molecular flexibility index (Phi) is 4.95. The summed E-state index contributed by atoms with van der Waals surface area (Å²) < 4.78 is 0. The number of amides is 1. The van der Waals surface area contributed by atoms with Crippen LogP contribution in [-0.4, -0.2) is 57.2 Å². The van der Waals surface area contributed by atoms with Gasteiger partial charge in [-0.2, -0.15) is 0 Å². The molecule has 27 heavy (non-hydrogen) atoms. The average Bonchev–Trinajstić information content (AvgIpc) is 3.15. The van der Waals surface area contributed by atoms with Gasteiger partial charge in [0.1, 0.15) is 0 Å². The first kappa shape index (κ1) is 17.7. The molecule has 0 radical (unpaired) electrons. The molecule has 8 nitrogen and oxygen atoms in total. The minimum Gasteiger partial charge on any atom is -0.344 e. The van der Waals surface area contributed by atoms with E-state index in [9.17, 15) is 4.79 Å². The summed E-state index contributed by atoms with van der Waals surface area (Å²) in [6, 6.07) is 6.61. The van der Waals surface area contributed by atoms with Crippen molar-refractivity contribution in [1.29, 1.82) is 0 Å². The van der Waals surface area contributed by atoms with Crippen molar-refractivity contribution in [2.24, 2.45) is 0 Å². The lowest BCUT2D eigenvalue weighted by atomic mass is 10.1. The SMILES string of the molecule is CC(=O)Nc1nnc(N2CCN([C@@H](C)c3ccc4nccnc4c3)CC2)s1. The van der Waals surface area contributed by atoms with Gasteiger partial charge in [-0.25, -0.2) is 0 Å². The van der Waals surface area contributed by atoms with Crippen LogP contribution in [0, 0.1) is 0 Å². The number of benzene rings is 1. The molecule has 1 amide bonds. The maximum Gasteiger partial charge on any atom is 0.223 e. The van der Waals surface area contributed by atoms with Crippen LogP contribution >= 0.6 is 11.3 Å². The van der Waals surface area contributed by atoms with E-state index in [4.69, 9.17) is 0 Å². The fourth-order valence-corrected chi connectivity index (χ4v) is 4.14. The van der Waals surface area contributed by atoms with E-state index in [1.165, 1.54) is 23.8 Å². The van der Waals surface area contributed by atoms with Crippen molar-refractivity contribution in [3.63, 3.8) is 0 Å². The van der Waals surface area contributed by atoms with Crippen LogP contribution in [0.15, 0.2) is 30.6 Å².